The Bertz CT molecular complexity index is 1050. The predicted octanol–water partition coefficient (Wildman–Crippen LogP) is 3.37. The molecule has 0 spiro atoms. The molecule has 0 unspecified atom stereocenters. The Kier molecular flexibility index (Phi) is 4.14. The van der Waals surface area contributed by atoms with E-state index in [-0.39, 0.29) is 11.6 Å². The summed E-state index contributed by atoms with van der Waals surface area (Å²) in [5, 5.41) is 11.2. The number of anilines is 1. The van der Waals surface area contributed by atoms with Crippen LogP contribution in [0.25, 0.3) is 22.6 Å². The lowest BCUT2D eigenvalue weighted by Crippen LogP contribution is -2.05. The van der Waals surface area contributed by atoms with Crippen molar-refractivity contribution in [1.82, 2.24) is 25.1 Å². The molecule has 2 aromatic heterocycles. The minimum atomic E-state index is -0.340. The van der Waals surface area contributed by atoms with Gasteiger partial charge >= 0.3 is 0 Å². The Morgan fingerprint density at radius 2 is 1.50 bits per heavy atom. The molecule has 0 radical (unpaired) electrons. The van der Waals surface area contributed by atoms with E-state index in [1.807, 2.05) is 0 Å². The SMILES string of the molecule is Fc1ccc(CNc2ncnc3nnc(-c4ccc(F)cc4)nc23)cc1. The molecule has 6 nitrogen and oxygen atoms in total. The maximum absolute atomic E-state index is 13.1. The minimum absolute atomic E-state index is 0.290. The molecule has 0 amide bonds. The van der Waals surface area contributed by atoms with Crippen LogP contribution >= 0.6 is 0 Å². The minimum Gasteiger partial charge on any atom is -0.364 e. The fourth-order valence-electron chi connectivity index (χ4n) is 2.41. The van der Waals surface area contributed by atoms with Gasteiger partial charge in [-0.25, -0.2) is 23.7 Å². The monoisotopic (exact) mass is 350 g/mol. The summed E-state index contributed by atoms with van der Waals surface area (Å²) in [5.41, 5.74) is 2.31. The van der Waals surface area contributed by atoms with Gasteiger partial charge in [0.15, 0.2) is 17.2 Å². The molecule has 4 rings (SSSR count). The van der Waals surface area contributed by atoms with Crippen LogP contribution in [0.4, 0.5) is 14.6 Å². The number of fused-ring (bicyclic) bond motifs is 1. The first-order chi connectivity index (χ1) is 12.7. The van der Waals surface area contributed by atoms with Gasteiger partial charge in [-0.2, -0.15) is 0 Å². The van der Waals surface area contributed by atoms with Crippen LogP contribution in [0.1, 0.15) is 5.56 Å². The molecule has 1 N–H and O–H groups in total. The lowest BCUT2D eigenvalue weighted by molar-refractivity contribution is 0.627. The molecule has 128 valence electrons. The highest BCUT2D eigenvalue weighted by Gasteiger charge is 2.10. The highest BCUT2D eigenvalue weighted by molar-refractivity contribution is 5.82. The maximum atomic E-state index is 13.1. The summed E-state index contributed by atoms with van der Waals surface area (Å²) >= 11 is 0. The zero-order valence-corrected chi connectivity index (χ0v) is 13.4. The summed E-state index contributed by atoms with van der Waals surface area (Å²) in [4.78, 5) is 12.7. The summed E-state index contributed by atoms with van der Waals surface area (Å²) in [6.07, 6.45) is 1.36. The third-order valence-electron chi connectivity index (χ3n) is 3.74. The highest BCUT2D eigenvalue weighted by atomic mass is 19.1. The molecule has 0 saturated heterocycles. The van der Waals surface area contributed by atoms with E-state index in [0.717, 1.165) is 5.56 Å². The number of aromatic nitrogens is 5. The van der Waals surface area contributed by atoms with Crippen molar-refractivity contribution in [3.05, 3.63) is 72.1 Å². The Balaban J connectivity index is 1.66. The van der Waals surface area contributed by atoms with Crippen LogP contribution < -0.4 is 5.32 Å². The van der Waals surface area contributed by atoms with Crippen LogP contribution in [-0.2, 0) is 6.54 Å². The molecular weight excluding hydrogens is 338 g/mol. The number of benzene rings is 2. The van der Waals surface area contributed by atoms with E-state index in [0.29, 0.717) is 34.9 Å². The normalized spacial score (nSPS) is 10.8. The fourth-order valence-corrected chi connectivity index (χ4v) is 2.41. The molecular formula is C18H12F2N6. The summed E-state index contributed by atoms with van der Waals surface area (Å²) in [6.45, 7) is 0.433. The van der Waals surface area contributed by atoms with Gasteiger partial charge in [0.2, 0.25) is 5.65 Å². The number of hydrogen-bond donors (Lipinski definition) is 1. The molecule has 26 heavy (non-hydrogen) atoms. The van der Waals surface area contributed by atoms with Gasteiger partial charge in [-0.05, 0) is 42.0 Å². The van der Waals surface area contributed by atoms with Gasteiger partial charge in [0.25, 0.3) is 0 Å². The topological polar surface area (TPSA) is 76.5 Å². The van der Waals surface area contributed by atoms with Gasteiger partial charge in [0.1, 0.15) is 18.0 Å². The summed E-state index contributed by atoms with van der Waals surface area (Å²) < 4.78 is 26.1. The second-order valence-corrected chi connectivity index (χ2v) is 5.52. The molecule has 0 fully saturated rings. The van der Waals surface area contributed by atoms with Gasteiger partial charge in [-0.15, -0.1) is 10.2 Å². The Morgan fingerprint density at radius 3 is 2.23 bits per heavy atom. The van der Waals surface area contributed by atoms with E-state index in [9.17, 15) is 8.78 Å². The van der Waals surface area contributed by atoms with Crippen molar-refractivity contribution in [2.75, 3.05) is 5.32 Å². The van der Waals surface area contributed by atoms with Gasteiger partial charge < -0.3 is 5.32 Å². The second kappa shape index (κ2) is 6.75. The largest absolute Gasteiger partial charge is 0.364 e. The van der Waals surface area contributed by atoms with Gasteiger partial charge in [0.05, 0.1) is 0 Å². The summed E-state index contributed by atoms with van der Waals surface area (Å²) in [6, 6.07) is 12.0. The molecule has 0 atom stereocenters. The molecule has 0 saturated carbocycles. The summed E-state index contributed by atoms with van der Waals surface area (Å²) in [7, 11) is 0. The van der Waals surface area contributed by atoms with Crippen molar-refractivity contribution in [2.24, 2.45) is 0 Å². The molecule has 0 bridgehead atoms. The van der Waals surface area contributed by atoms with Crippen molar-refractivity contribution in [3.63, 3.8) is 0 Å². The van der Waals surface area contributed by atoms with E-state index in [1.165, 1.54) is 30.6 Å². The molecule has 2 aromatic carbocycles. The zero-order chi connectivity index (χ0) is 17.9. The molecule has 4 aromatic rings. The van der Waals surface area contributed by atoms with Crippen LogP contribution in [0.3, 0.4) is 0 Å². The van der Waals surface area contributed by atoms with Crippen molar-refractivity contribution >= 4 is 17.0 Å². The zero-order valence-electron chi connectivity index (χ0n) is 13.4. The lowest BCUT2D eigenvalue weighted by Gasteiger charge is -2.08. The predicted molar refractivity (Wildman–Crippen MR) is 92.0 cm³/mol. The number of halogens is 2. The van der Waals surface area contributed by atoms with Crippen molar-refractivity contribution in [3.8, 4) is 11.4 Å². The van der Waals surface area contributed by atoms with E-state index in [1.54, 1.807) is 24.3 Å². The summed E-state index contributed by atoms with van der Waals surface area (Å²) in [5.74, 6) is 0.198. The van der Waals surface area contributed by atoms with Crippen LogP contribution in [0.2, 0.25) is 0 Å². The van der Waals surface area contributed by atoms with Crippen LogP contribution in [0.15, 0.2) is 54.9 Å². The van der Waals surface area contributed by atoms with Gasteiger partial charge in [-0.1, -0.05) is 12.1 Å². The average molecular weight is 350 g/mol. The Labute approximate surface area is 147 Å². The van der Waals surface area contributed by atoms with E-state index in [4.69, 9.17) is 0 Å². The fraction of sp³-hybridized carbons (Fsp3) is 0.0556. The van der Waals surface area contributed by atoms with E-state index >= 15 is 0 Å². The quantitative estimate of drug-likeness (QED) is 0.608. The van der Waals surface area contributed by atoms with Crippen molar-refractivity contribution in [1.29, 1.82) is 0 Å². The molecule has 2 heterocycles. The third kappa shape index (κ3) is 3.30. The van der Waals surface area contributed by atoms with E-state index < -0.39 is 0 Å². The number of nitrogens with one attached hydrogen (secondary N) is 1. The van der Waals surface area contributed by atoms with Crippen LogP contribution in [0.5, 0.6) is 0 Å². The highest BCUT2D eigenvalue weighted by Crippen LogP contribution is 2.20. The number of nitrogens with zero attached hydrogens (tertiary/aromatic N) is 5. The van der Waals surface area contributed by atoms with Crippen molar-refractivity contribution in [2.45, 2.75) is 6.54 Å². The van der Waals surface area contributed by atoms with Gasteiger partial charge in [0, 0.05) is 12.1 Å². The smallest absolute Gasteiger partial charge is 0.205 e. The molecule has 0 aliphatic heterocycles. The third-order valence-corrected chi connectivity index (χ3v) is 3.74. The Morgan fingerprint density at radius 1 is 0.808 bits per heavy atom. The first-order valence-corrected chi connectivity index (χ1v) is 7.79. The Hall–Kier alpha value is -3.55. The standard InChI is InChI=1S/C18H12F2N6/c19-13-5-1-11(2-6-13)9-21-17-15-18(23-10-22-17)26-25-16(24-15)12-3-7-14(20)8-4-12/h1-8,10H,9H2,(H,21,22,23,26). The van der Waals surface area contributed by atoms with E-state index in [2.05, 4.69) is 30.5 Å². The molecule has 0 aliphatic carbocycles. The second-order valence-electron chi connectivity index (χ2n) is 5.52. The van der Waals surface area contributed by atoms with Gasteiger partial charge in [-0.3, -0.25) is 0 Å². The average Bonchev–Trinajstić information content (AvgIpc) is 2.68. The molecule has 0 aliphatic rings. The first kappa shape index (κ1) is 15.9. The number of hydrogen-bond acceptors (Lipinski definition) is 6. The van der Waals surface area contributed by atoms with Crippen LogP contribution in [0, 0.1) is 11.6 Å². The van der Waals surface area contributed by atoms with Crippen LogP contribution in [-0.4, -0.2) is 25.1 Å². The maximum Gasteiger partial charge on any atom is 0.205 e. The number of rotatable bonds is 4. The molecule has 8 heteroatoms. The lowest BCUT2D eigenvalue weighted by atomic mass is 10.2. The van der Waals surface area contributed by atoms with Crippen molar-refractivity contribution < 1.29 is 8.78 Å². The first-order valence-electron chi connectivity index (χ1n) is 7.79.